The number of anilines is 1. The van der Waals surface area contributed by atoms with Crippen LogP contribution in [0, 0.1) is 19.8 Å². The lowest BCUT2D eigenvalue weighted by molar-refractivity contribution is -0.119. The van der Waals surface area contributed by atoms with Gasteiger partial charge >= 0.3 is 0 Å². The Bertz CT molecular complexity index is 1420. The quantitative estimate of drug-likeness (QED) is 0.463. The zero-order chi connectivity index (χ0) is 23.5. The number of aromatic nitrogens is 4. The molecule has 0 aliphatic heterocycles. The molecule has 9 heteroatoms. The van der Waals surface area contributed by atoms with Crippen molar-refractivity contribution in [3.8, 4) is 11.1 Å². The summed E-state index contributed by atoms with van der Waals surface area (Å²) in [6, 6.07) is 5.49. The summed E-state index contributed by atoms with van der Waals surface area (Å²) >= 11 is 0. The standard InChI is InChI=1S/C24H23F2N5O2/c1-4-20(32)18-5-12(2)16(10-27-18)15-6-14-9-28-21(30-23(33)17-8-24(17,25)26)7-19(14)31-11-13(3)29-22(15)31/h5-7,9-11,17,20,32H,4,8H2,1-3H3,(H,28,30,33)/t17-,20-/m1/s1. The van der Waals surface area contributed by atoms with Crippen molar-refractivity contribution >= 4 is 28.3 Å². The van der Waals surface area contributed by atoms with E-state index < -0.39 is 30.3 Å². The molecule has 0 saturated heterocycles. The van der Waals surface area contributed by atoms with Crippen LogP contribution in [0.25, 0.3) is 27.7 Å². The molecule has 4 aromatic rings. The maximum absolute atomic E-state index is 13.2. The molecule has 1 fully saturated rings. The van der Waals surface area contributed by atoms with Crippen molar-refractivity contribution in [3.05, 3.63) is 53.7 Å². The van der Waals surface area contributed by atoms with Gasteiger partial charge in [-0.25, -0.2) is 18.7 Å². The minimum atomic E-state index is -2.93. The Kier molecular flexibility index (Phi) is 4.89. The van der Waals surface area contributed by atoms with Crippen LogP contribution in [0.15, 0.2) is 36.8 Å². The maximum Gasteiger partial charge on any atom is 0.260 e. The van der Waals surface area contributed by atoms with Gasteiger partial charge in [0.2, 0.25) is 5.91 Å². The summed E-state index contributed by atoms with van der Waals surface area (Å²) in [5, 5.41) is 13.4. The molecule has 4 heterocycles. The van der Waals surface area contributed by atoms with Gasteiger partial charge in [-0.05, 0) is 38.0 Å². The molecular weight excluding hydrogens is 428 g/mol. The summed E-state index contributed by atoms with van der Waals surface area (Å²) in [7, 11) is 0. The number of carbonyl (C=O) groups excluding carboxylic acids is 1. The molecule has 2 atom stereocenters. The van der Waals surface area contributed by atoms with Crippen molar-refractivity contribution in [2.45, 2.75) is 45.6 Å². The first kappa shape index (κ1) is 21.4. The number of nitrogens with zero attached hydrogens (tertiary/aromatic N) is 4. The summed E-state index contributed by atoms with van der Waals surface area (Å²) in [6.07, 6.45) is 4.76. The lowest BCUT2D eigenvalue weighted by atomic mass is 10.0. The van der Waals surface area contributed by atoms with Gasteiger partial charge in [0.25, 0.3) is 5.92 Å². The molecule has 1 aliphatic rings. The number of aliphatic hydroxyl groups is 1. The number of nitrogens with one attached hydrogen (secondary N) is 1. The molecule has 33 heavy (non-hydrogen) atoms. The minimum Gasteiger partial charge on any atom is -0.387 e. The third-order valence-electron chi connectivity index (χ3n) is 6.08. The molecule has 1 aliphatic carbocycles. The number of hydrogen-bond donors (Lipinski definition) is 2. The molecule has 2 N–H and O–H groups in total. The molecule has 5 rings (SSSR count). The van der Waals surface area contributed by atoms with E-state index >= 15 is 0 Å². The van der Waals surface area contributed by atoms with Gasteiger partial charge in [0.1, 0.15) is 17.4 Å². The molecule has 0 bridgehead atoms. The molecule has 0 aromatic carbocycles. The summed E-state index contributed by atoms with van der Waals surface area (Å²) in [5.74, 6) is -4.74. The van der Waals surface area contributed by atoms with Crippen LogP contribution in [0.1, 0.15) is 42.8 Å². The first-order chi connectivity index (χ1) is 15.7. The molecule has 4 aromatic heterocycles. The van der Waals surface area contributed by atoms with Crippen molar-refractivity contribution in [3.63, 3.8) is 0 Å². The first-order valence-electron chi connectivity index (χ1n) is 10.8. The number of halogens is 2. The highest BCUT2D eigenvalue weighted by atomic mass is 19.3. The number of pyridine rings is 3. The molecule has 1 saturated carbocycles. The van der Waals surface area contributed by atoms with Crippen LogP contribution >= 0.6 is 0 Å². The van der Waals surface area contributed by atoms with Crippen LogP contribution in [-0.4, -0.2) is 36.3 Å². The van der Waals surface area contributed by atoms with Gasteiger partial charge < -0.3 is 10.4 Å². The molecule has 0 radical (unpaired) electrons. The summed E-state index contributed by atoms with van der Waals surface area (Å²) < 4.78 is 28.4. The average Bonchev–Trinajstić information content (AvgIpc) is 3.24. The topological polar surface area (TPSA) is 92.4 Å². The van der Waals surface area contributed by atoms with Crippen molar-refractivity contribution in [1.29, 1.82) is 0 Å². The second-order valence-corrected chi connectivity index (χ2v) is 8.62. The van der Waals surface area contributed by atoms with Gasteiger partial charge in [-0.3, -0.25) is 14.2 Å². The molecule has 0 spiro atoms. The summed E-state index contributed by atoms with van der Waals surface area (Å²) in [4.78, 5) is 25.5. The van der Waals surface area contributed by atoms with Crippen LogP contribution in [0.5, 0.6) is 0 Å². The summed E-state index contributed by atoms with van der Waals surface area (Å²) in [6.45, 7) is 5.74. The van der Waals surface area contributed by atoms with E-state index in [9.17, 15) is 18.7 Å². The molecular formula is C24H23F2N5O2. The maximum atomic E-state index is 13.2. The fraction of sp³-hybridized carbons (Fsp3) is 0.333. The van der Waals surface area contributed by atoms with Crippen molar-refractivity contribution in [2.24, 2.45) is 5.92 Å². The minimum absolute atomic E-state index is 0.214. The Balaban J connectivity index is 1.59. The van der Waals surface area contributed by atoms with E-state index in [-0.39, 0.29) is 5.82 Å². The average molecular weight is 451 g/mol. The zero-order valence-corrected chi connectivity index (χ0v) is 18.4. The molecule has 7 nitrogen and oxygen atoms in total. The Morgan fingerprint density at radius 1 is 1.24 bits per heavy atom. The second-order valence-electron chi connectivity index (χ2n) is 8.62. The largest absolute Gasteiger partial charge is 0.387 e. The smallest absolute Gasteiger partial charge is 0.260 e. The van der Waals surface area contributed by atoms with Crippen molar-refractivity contribution in [1.82, 2.24) is 19.4 Å². The van der Waals surface area contributed by atoms with Crippen LogP contribution in [0.4, 0.5) is 14.6 Å². The molecule has 1 amide bonds. The first-order valence-corrected chi connectivity index (χ1v) is 10.8. The van der Waals surface area contributed by atoms with Crippen LogP contribution in [-0.2, 0) is 4.79 Å². The highest BCUT2D eigenvalue weighted by Crippen LogP contribution is 2.49. The fourth-order valence-corrected chi connectivity index (χ4v) is 4.10. The van der Waals surface area contributed by atoms with Gasteiger partial charge in [-0.2, -0.15) is 0 Å². The lowest BCUT2D eigenvalue weighted by Crippen LogP contribution is -2.18. The monoisotopic (exact) mass is 451 g/mol. The summed E-state index contributed by atoms with van der Waals surface area (Å²) in [5.41, 5.74) is 5.56. The Hall–Kier alpha value is -3.46. The van der Waals surface area contributed by atoms with Gasteiger partial charge in [-0.15, -0.1) is 0 Å². The van der Waals surface area contributed by atoms with E-state index in [0.29, 0.717) is 17.8 Å². The SMILES string of the molecule is CC[C@@H](O)c1cc(C)c(-c2cc3cnc(NC(=O)[C@H]4CC4(F)F)cc3n3cc(C)nc23)cn1. The number of fused-ring (bicyclic) bond motifs is 3. The van der Waals surface area contributed by atoms with Crippen molar-refractivity contribution in [2.75, 3.05) is 5.32 Å². The van der Waals surface area contributed by atoms with Gasteiger partial charge in [-0.1, -0.05) is 6.92 Å². The number of amides is 1. The highest BCUT2D eigenvalue weighted by molar-refractivity contribution is 5.97. The van der Waals surface area contributed by atoms with E-state index in [4.69, 9.17) is 0 Å². The third kappa shape index (κ3) is 3.72. The van der Waals surface area contributed by atoms with E-state index in [1.54, 1.807) is 18.5 Å². The molecule has 0 unspecified atom stereocenters. The van der Waals surface area contributed by atoms with Crippen LogP contribution in [0.3, 0.4) is 0 Å². The van der Waals surface area contributed by atoms with Gasteiger partial charge in [0, 0.05) is 47.6 Å². The normalized spacial score (nSPS) is 17.9. The van der Waals surface area contributed by atoms with E-state index in [2.05, 4.69) is 20.3 Å². The second kappa shape index (κ2) is 7.55. The number of hydrogen-bond acceptors (Lipinski definition) is 5. The Morgan fingerprint density at radius 2 is 2.00 bits per heavy atom. The predicted octanol–water partition coefficient (Wildman–Crippen LogP) is 4.60. The number of aryl methyl sites for hydroxylation is 2. The van der Waals surface area contributed by atoms with E-state index in [1.807, 2.05) is 43.5 Å². The van der Waals surface area contributed by atoms with Crippen molar-refractivity contribution < 1.29 is 18.7 Å². The fourth-order valence-electron chi connectivity index (χ4n) is 4.10. The third-order valence-corrected chi connectivity index (χ3v) is 6.08. The zero-order valence-electron chi connectivity index (χ0n) is 18.4. The predicted molar refractivity (Wildman–Crippen MR) is 120 cm³/mol. The van der Waals surface area contributed by atoms with Crippen LogP contribution in [0.2, 0.25) is 0 Å². The number of carbonyl (C=O) groups is 1. The van der Waals surface area contributed by atoms with E-state index in [1.165, 1.54) is 0 Å². The lowest BCUT2D eigenvalue weighted by Gasteiger charge is -2.14. The van der Waals surface area contributed by atoms with E-state index in [0.717, 1.165) is 33.3 Å². The highest BCUT2D eigenvalue weighted by Gasteiger charge is 2.61. The van der Waals surface area contributed by atoms with Gasteiger partial charge in [0.05, 0.1) is 23.0 Å². The number of alkyl halides is 2. The van der Waals surface area contributed by atoms with Crippen LogP contribution < -0.4 is 5.32 Å². The Labute approximate surface area is 188 Å². The molecule has 170 valence electrons. The number of aliphatic hydroxyl groups excluding tert-OH is 1. The number of rotatable bonds is 5. The Morgan fingerprint density at radius 3 is 2.67 bits per heavy atom. The number of imidazole rings is 1. The van der Waals surface area contributed by atoms with Gasteiger partial charge in [0.15, 0.2) is 0 Å².